The third kappa shape index (κ3) is 1.45. The Hall–Kier alpha value is -2.36. The van der Waals surface area contributed by atoms with Gasteiger partial charge in [-0.15, -0.1) is 0 Å². The van der Waals surface area contributed by atoms with E-state index in [9.17, 15) is 4.79 Å². The lowest BCUT2D eigenvalue weighted by atomic mass is 10.3. The lowest BCUT2D eigenvalue weighted by molar-refractivity contribution is 0.777. The number of aryl methyl sites for hydroxylation is 1. The third-order valence-electron chi connectivity index (χ3n) is 2.74. The van der Waals surface area contributed by atoms with Gasteiger partial charge in [0.15, 0.2) is 0 Å². The monoisotopic (exact) mass is 225 g/mol. The molecule has 4 heteroatoms. The number of rotatable bonds is 1. The first-order chi connectivity index (χ1) is 8.27. The number of fused-ring (bicyclic) bond motifs is 1. The summed E-state index contributed by atoms with van der Waals surface area (Å²) in [7, 11) is 0. The van der Waals surface area contributed by atoms with Crippen molar-refractivity contribution in [3.63, 3.8) is 0 Å². The Bertz CT molecular complexity index is 725. The summed E-state index contributed by atoms with van der Waals surface area (Å²) in [6.45, 7) is 1.83. The average molecular weight is 225 g/mol. The fourth-order valence-corrected chi connectivity index (χ4v) is 1.97. The van der Waals surface area contributed by atoms with E-state index in [4.69, 9.17) is 0 Å². The Kier molecular flexibility index (Phi) is 2.08. The summed E-state index contributed by atoms with van der Waals surface area (Å²) in [4.78, 5) is 12.3. The molecule has 0 amide bonds. The first-order valence-corrected chi connectivity index (χ1v) is 5.40. The minimum atomic E-state index is -0.0475. The molecule has 0 aliphatic rings. The van der Waals surface area contributed by atoms with Gasteiger partial charge in [0, 0.05) is 6.20 Å². The number of nitrogens with zero attached hydrogens (tertiary/aromatic N) is 3. The van der Waals surface area contributed by atoms with Crippen molar-refractivity contribution >= 4 is 5.52 Å². The van der Waals surface area contributed by atoms with Crippen LogP contribution in [0.4, 0.5) is 0 Å². The van der Waals surface area contributed by atoms with Gasteiger partial charge in [-0.2, -0.15) is 5.10 Å². The second-order valence-electron chi connectivity index (χ2n) is 3.86. The van der Waals surface area contributed by atoms with Crippen LogP contribution in [0.1, 0.15) is 5.82 Å². The lowest BCUT2D eigenvalue weighted by Crippen LogP contribution is -2.24. The maximum atomic E-state index is 12.3. The van der Waals surface area contributed by atoms with E-state index in [1.54, 1.807) is 21.3 Å². The molecule has 0 unspecified atom stereocenters. The van der Waals surface area contributed by atoms with Gasteiger partial charge in [-0.3, -0.25) is 9.36 Å². The number of hydrogen-bond donors (Lipinski definition) is 0. The van der Waals surface area contributed by atoms with Crippen LogP contribution >= 0.6 is 0 Å². The minimum absolute atomic E-state index is 0.0475. The molecule has 2 aromatic heterocycles. The van der Waals surface area contributed by atoms with E-state index < -0.39 is 0 Å². The molecule has 0 spiro atoms. The van der Waals surface area contributed by atoms with Gasteiger partial charge >= 0.3 is 0 Å². The van der Waals surface area contributed by atoms with Crippen LogP contribution in [-0.2, 0) is 0 Å². The SMILES string of the molecule is Cc1nn2cccc2c(=O)n1-c1ccccc1. The standard InChI is InChI=1S/C13H11N3O/c1-10-14-15-9-5-8-12(15)13(17)16(10)11-6-3-2-4-7-11/h2-9H,1H3. The number of hydrogen-bond acceptors (Lipinski definition) is 2. The molecule has 4 nitrogen and oxygen atoms in total. The van der Waals surface area contributed by atoms with Crippen LogP contribution in [0.25, 0.3) is 11.2 Å². The Morgan fingerprint density at radius 2 is 1.82 bits per heavy atom. The van der Waals surface area contributed by atoms with Crippen LogP contribution < -0.4 is 5.56 Å². The second kappa shape index (κ2) is 3.59. The molecule has 0 aliphatic heterocycles. The van der Waals surface area contributed by atoms with E-state index >= 15 is 0 Å². The predicted octanol–water partition coefficient (Wildman–Crippen LogP) is 1.79. The summed E-state index contributed by atoms with van der Waals surface area (Å²) in [5, 5.41) is 4.35. The zero-order chi connectivity index (χ0) is 11.8. The first kappa shape index (κ1) is 9.84. The summed E-state index contributed by atoms with van der Waals surface area (Å²) >= 11 is 0. The Labute approximate surface area is 97.8 Å². The van der Waals surface area contributed by atoms with Crippen LogP contribution in [-0.4, -0.2) is 14.2 Å². The maximum absolute atomic E-state index is 12.3. The normalized spacial score (nSPS) is 10.9. The predicted molar refractivity (Wildman–Crippen MR) is 65.5 cm³/mol. The highest BCUT2D eigenvalue weighted by Crippen LogP contribution is 2.07. The molecule has 1 aromatic carbocycles. The van der Waals surface area contributed by atoms with Gasteiger partial charge < -0.3 is 0 Å². The molecule has 0 aliphatic carbocycles. The van der Waals surface area contributed by atoms with Crippen LogP contribution in [0.5, 0.6) is 0 Å². The highest BCUT2D eigenvalue weighted by Gasteiger charge is 2.08. The fraction of sp³-hybridized carbons (Fsp3) is 0.0769. The fourth-order valence-electron chi connectivity index (χ4n) is 1.97. The molecule has 0 saturated heterocycles. The molecule has 0 atom stereocenters. The molecule has 0 fully saturated rings. The topological polar surface area (TPSA) is 39.3 Å². The van der Waals surface area contributed by atoms with Gasteiger partial charge in [0.05, 0.1) is 5.69 Å². The van der Waals surface area contributed by atoms with Crippen LogP contribution in [0.3, 0.4) is 0 Å². The highest BCUT2D eigenvalue weighted by atomic mass is 16.1. The molecule has 0 saturated carbocycles. The van der Waals surface area contributed by atoms with Crippen molar-refractivity contribution in [3.05, 3.63) is 64.8 Å². The molecule has 84 valence electrons. The molecular formula is C13H11N3O. The summed E-state index contributed by atoms with van der Waals surface area (Å²) in [5.74, 6) is 0.671. The minimum Gasteiger partial charge on any atom is -0.266 e. The Morgan fingerprint density at radius 3 is 2.59 bits per heavy atom. The van der Waals surface area contributed by atoms with Crippen LogP contribution in [0, 0.1) is 6.92 Å². The van der Waals surface area contributed by atoms with Gasteiger partial charge in [-0.25, -0.2) is 4.52 Å². The second-order valence-corrected chi connectivity index (χ2v) is 3.86. The summed E-state index contributed by atoms with van der Waals surface area (Å²) < 4.78 is 3.23. The van der Waals surface area contributed by atoms with E-state index in [2.05, 4.69) is 5.10 Å². The van der Waals surface area contributed by atoms with Crippen molar-refractivity contribution in [1.29, 1.82) is 0 Å². The van der Waals surface area contributed by atoms with Gasteiger partial charge in [0.1, 0.15) is 11.3 Å². The molecule has 3 aromatic rings. The van der Waals surface area contributed by atoms with E-state index in [1.165, 1.54) is 0 Å². The van der Waals surface area contributed by atoms with Crippen LogP contribution in [0.15, 0.2) is 53.5 Å². The van der Waals surface area contributed by atoms with Crippen molar-refractivity contribution in [1.82, 2.24) is 14.2 Å². The van der Waals surface area contributed by atoms with Crippen molar-refractivity contribution in [2.24, 2.45) is 0 Å². The van der Waals surface area contributed by atoms with E-state index in [0.29, 0.717) is 11.3 Å². The van der Waals surface area contributed by atoms with Gasteiger partial charge in [0.25, 0.3) is 5.56 Å². The first-order valence-electron chi connectivity index (χ1n) is 5.40. The van der Waals surface area contributed by atoms with E-state index in [1.807, 2.05) is 43.3 Å². The summed E-state index contributed by atoms with van der Waals surface area (Å²) in [6.07, 6.45) is 1.78. The molecular weight excluding hydrogens is 214 g/mol. The van der Waals surface area contributed by atoms with Gasteiger partial charge in [0.2, 0.25) is 0 Å². The van der Waals surface area contributed by atoms with Crippen molar-refractivity contribution in [2.75, 3.05) is 0 Å². The quantitative estimate of drug-likeness (QED) is 0.633. The van der Waals surface area contributed by atoms with E-state index in [-0.39, 0.29) is 5.56 Å². The van der Waals surface area contributed by atoms with Crippen molar-refractivity contribution in [2.45, 2.75) is 6.92 Å². The maximum Gasteiger partial charge on any atom is 0.282 e. The molecule has 0 bridgehead atoms. The smallest absolute Gasteiger partial charge is 0.266 e. The van der Waals surface area contributed by atoms with Crippen molar-refractivity contribution in [3.8, 4) is 5.69 Å². The summed E-state index contributed by atoms with van der Waals surface area (Å²) in [5.41, 5.74) is 1.37. The number of para-hydroxylation sites is 1. The van der Waals surface area contributed by atoms with E-state index in [0.717, 1.165) is 5.69 Å². The van der Waals surface area contributed by atoms with Gasteiger partial charge in [-0.1, -0.05) is 18.2 Å². The molecule has 0 radical (unpaired) electrons. The molecule has 3 rings (SSSR count). The Morgan fingerprint density at radius 1 is 1.06 bits per heavy atom. The van der Waals surface area contributed by atoms with Gasteiger partial charge in [-0.05, 0) is 31.2 Å². The number of benzene rings is 1. The Balaban J connectivity index is 2.40. The molecule has 17 heavy (non-hydrogen) atoms. The van der Waals surface area contributed by atoms with Crippen molar-refractivity contribution < 1.29 is 0 Å². The number of aromatic nitrogens is 3. The zero-order valence-corrected chi connectivity index (χ0v) is 9.37. The summed E-state index contributed by atoms with van der Waals surface area (Å²) in [6, 6.07) is 13.1. The third-order valence-corrected chi connectivity index (χ3v) is 2.74. The average Bonchev–Trinajstić information content (AvgIpc) is 2.78. The molecule has 0 N–H and O–H groups in total. The van der Waals surface area contributed by atoms with Crippen LogP contribution in [0.2, 0.25) is 0 Å². The highest BCUT2D eigenvalue weighted by molar-refractivity contribution is 5.46. The molecule has 2 heterocycles. The zero-order valence-electron chi connectivity index (χ0n) is 9.37. The largest absolute Gasteiger partial charge is 0.282 e. The lowest BCUT2D eigenvalue weighted by Gasteiger charge is -2.09.